The van der Waals surface area contributed by atoms with Gasteiger partial charge in [0.15, 0.2) is 0 Å². The smallest absolute Gasteiger partial charge is 0.123 e. The highest BCUT2D eigenvalue weighted by Gasteiger charge is 2.10. The summed E-state index contributed by atoms with van der Waals surface area (Å²) in [6.45, 7) is 6.88. The molecule has 0 radical (unpaired) electrons. The second-order valence-electron chi connectivity index (χ2n) is 5.29. The van der Waals surface area contributed by atoms with Crippen LogP contribution in [0.2, 0.25) is 0 Å². The summed E-state index contributed by atoms with van der Waals surface area (Å²) >= 11 is 3.52. The monoisotopic (exact) mass is 333 g/mol. The Kier molecular flexibility index (Phi) is 4.71. The summed E-state index contributed by atoms with van der Waals surface area (Å²) in [5.41, 5.74) is 10.2. The molecule has 0 aliphatic heterocycles. The van der Waals surface area contributed by atoms with Crippen molar-refractivity contribution in [3.63, 3.8) is 0 Å². The third-order valence-corrected chi connectivity index (χ3v) is 4.06. The van der Waals surface area contributed by atoms with Crippen molar-refractivity contribution >= 4 is 21.6 Å². The first-order valence-electron chi connectivity index (χ1n) is 6.75. The molecule has 0 bridgehead atoms. The van der Waals surface area contributed by atoms with E-state index < -0.39 is 0 Å². The van der Waals surface area contributed by atoms with Crippen LogP contribution in [0.15, 0.2) is 40.9 Å². The van der Waals surface area contributed by atoms with Crippen LogP contribution in [0.25, 0.3) is 0 Å². The second kappa shape index (κ2) is 6.31. The largest absolute Gasteiger partial charge is 0.488 e. The maximum absolute atomic E-state index is 6.02. The van der Waals surface area contributed by atoms with Crippen LogP contribution in [0.3, 0.4) is 0 Å². The summed E-state index contributed by atoms with van der Waals surface area (Å²) in [6, 6.07) is 12.1. The van der Waals surface area contributed by atoms with Crippen LogP contribution in [0.4, 0.5) is 5.69 Å². The maximum Gasteiger partial charge on any atom is 0.123 e. The van der Waals surface area contributed by atoms with Gasteiger partial charge in [0.2, 0.25) is 0 Å². The van der Waals surface area contributed by atoms with Gasteiger partial charge in [0.1, 0.15) is 12.4 Å². The van der Waals surface area contributed by atoms with Crippen molar-refractivity contribution in [1.82, 2.24) is 0 Å². The first-order chi connectivity index (χ1) is 9.49. The molecule has 0 fully saturated rings. The third kappa shape index (κ3) is 3.34. The Morgan fingerprint density at radius 3 is 2.60 bits per heavy atom. The lowest BCUT2D eigenvalue weighted by atomic mass is 10.0. The van der Waals surface area contributed by atoms with E-state index in [0.717, 1.165) is 21.5 Å². The van der Waals surface area contributed by atoms with Crippen LogP contribution >= 0.6 is 15.9 Å². The molecule has 0 amide bonds. The van der Waals surface area contributed by atoms with Crippen molar-refractivity contribution in [2.45, 2.75) is 33.3 Å². The molecule has 2 N–H and O–H groups in total. The second-order valence-corrected chi connectivity index (χ2v) is 6.15. The molecule has 2 rings (SSSR count). The Bertz CT molecular complexity index is 588. The highest BCUT2D eigenvalue weighted by atomic mass is 79.9. The van der Waals surface area contributed by atoms with Gasteiger partial charge in [0.05, 0.1) is 0 Å². The Labute approximate surface area is 129 Å². The Balaban J connectivity index is 2.25. The Hall–Kier alpha value is -1.48. The number of hydrogen-bond donors (Lipinski definition) is 1. The van der Waals surface area contributed by atoms with Gasteiger partial charge < -0.3 is 10.5 Å². The molecule has 0 saturated carbocycles. The zero-order valence-electron chi connectivity index (χ0n) is 12.1. The fourth-order valence-electron chi connectivity index (χ4n) is 2.12. The van der Waals surface area contributed by atoms with Crippen molar-refractivity contribution in [2.75, 3.05) is 5.73 Å². The average Bonchev–Trinajstić information content (AvgIpc) is 2.37. The number of halogens is 1. The molecule has 2 aromatic rings. The molecule has 3 heteroatoms. The number of anilines is 1. The molecule has 0 aromatic heterocycles. The average molecular weight is 334 g/mol. The van der Waals surface area contributed by atoms with Crippen molar-refractivity contribution in [3.8, 4) is 5.75 Å². The molecule has 20 heavy (non-hydrogen) atoms. The molecule has 2 aromatic carbocycles. The van der Waals surface area contributed by atoms with Crippen LogP contribution < -0.4 is 10.5 Å². The van der Waals surface area contributed by atoms with Gasteiger partial charge in [-0.1, -0.05) is 48.0 Å². The highest BCUT2D eigenvalue weighted by Crippen LogP contribution is 2.30. The van der Waals surface area contributed by atoms with Crippen molar-refractivity contribution in [2.24, 2.45) is 0 Å². The van der Waals surface area contributed by atoms with Crippen LogP contribution in [0, 0.1) is 6.92 Å². The van der Waals surface area contributed by atoms with Gasteiger partial charge in [-0.25, -0.2) is 0 Å². The van der Waals surface area contributed by atoms with Gasteiger partial charge in [-0.15, -0.1) is 0 Å². The predicted octanol–water partition coefficient (Wildman–Crippen LogP) is 5.04. The normalized spacial score (nSPS) is 10.8. The van der Waals surface area contributed by atoms with E-state index in [1.165, 1.54) is 11.1 Å². The number of rotatable bonds is 4. The number of ether oxygens (including phenoxy) is 1. The van der Waals surface area contributed by atoms with Gasteiger partial charge >= 0.3 is 0 Å². The number of benzene rings is 2. The lowest BCUT2D eigenvalue weighted by Gasteiger charge is -2.16. The quantitative estimate of drug-likeness (QED) is 0.795. The molecule has 0 spiro atoms. The molecule has 106 valence electrons. The minimum absolute atomic E-state index is 0.433. The van der Waals surface area contributed by atoms with Gasteiger partial charge in [0.25, 0.3) is 0 Å². The third-order valence-electron chi connectivity index (χ3n) is 3.32. The lowest BCUT2D eigenvalue weighted by molar-refractivity contribution is 0.301. The first kappa shape index (κ1) is 14.9. The summed E-state index contributed by atoms with van der Waals surface area (Å²) < 4.78 is 7.00. The minimum Gasteiger partial charge on any atom is -0.488 e. The van der Waals surface area contributed by atoms with E-state index in [-0.39, 0.29) is 0 Å². The van der Waals surface area contributed by atoms with Crippen molar-refractivity contribution in [3.05, 3.63) is 57.6 Å². The molecule has 0 unspecified atom stereocenters. The molecule has 0 atom stereocenters. The number of aryl methyl sites for hydroxylation is 1. The molecule has 0 saturated heterocycles. The summed E-state index contributed by atoms with van der Waals surface area (Å²) in [7, 11) is 0. The number of hydrogen-bond acceptors (Lipinski definition) is 2. The first-order valence-corrected chi connectivity index (χ1v) is 7.54. The summed E-state index contributed by atoms with van der Waals surface area (Å²) in [5.74, 6) is 1.37. The van der Waals surface area contributed by atoms with E-state index in [4.69, 9.17) is 10.5 Å². The lowest BCUT2D eigenvalue weighted by Crippen LogP contribution is -2.03. The fourth-order valence-corrected chi connectivity index (χ4v) is 2.62. The molecular weight excluding hydrogens is 314 g/mol. The molecule has 0 aliphatic carbocycles. The molecule has 2 nitrogen and oxygen atoms in total. The van der Waals surface area contributed by atoms with Crippen LogP contribution in [0.5, 0.6) is 5.75 Å². The van der Waals surface area contributed by atoms with Gasteiger partial charge in [-0.2, -0.15) is 0 Å². The standard InChI is InChI=1S/C17H20BrNO/c1-11(2)13-8-7-12(3)9-17(13)20-10-14-15(18)5-4-6-16(14)19/h4-9,11H,10,19H2,1-3H3. The summed E-state index contributed by atoms with van der Waals surface area (Å²) in [5, 5.41) is 0. The van der Waals surface area contributed by atoms with Crippen LogP contribution in [0.1, 0.15) is 36.5 Å². The van der Waals surface area contributed by atoms with E-state index in [0.29, 0.717) is 12.5 Å². The van der Waals surface area contributed by atoms with E-state index >= 15 is 0 Å². The summed E-state index contributed by atoms with van der Waals surface area (Å²) in [4.78, 5) is 0. The highest BCUT2D eigenvalue weighted by molar-refractivity contribution is 9.10. The molecular formula is C17H20BrNO. The van der Waals surface area contributed by atoms with E-state index in [1.54, 1.807) is 0 Å². The SMILES string of the molecule is Cc1ccc(C(C)C)c(OCc2c(N)cccc2Br)c1. The maximum atomic E-state index is 6.02. The summed E-state index contributed by atoms with van der Waals surface area (Å²) in [6.07, 6.45) is 0. The van der Waals surface area contributed by atoms with Crippen LogP contribution in [-0.4, -0.2) is 0 Å². The van der Waals surface area contributed by atoms with E-state index in [1.807, 2.05) is 18.2 Å². The topological polar surface area (TPSA) is 35.2 Å². The Morgan fingerprint density at radius 1 is 1.20 bits per heavy atom. The van der Waals surface area contributed by atoms with E-state index in [9.17, 15) is 0 Å². The van der Waals surface area contributed by atoms with Gasteiger partial charge in [-0.3, -0.25) is 0 Å². The molecule has 0 aliphatic rings. The Morgan fingerprint density at radius 2 is 1.95 bits per heavy atom. The number of nitrogen functional groups attached to an aromatic ring is 1. The van der Waals surface area contributed by atoms with Gasteiger partial charge in [0, 0.05) is 15.7 Å². The predicted molar refractivity (Wildman–Crippen MR) is 88.2 cm³/mol. The molecule has 0 heterocycles. The number of nitrogens with two attached hydrogens (primary N) is 1. The van der Waals surface area contributed by atoms with Crippen molar-refractivity contribution < 1.29 is 4.74 Å². The van der Waals surface area contributed by atoms with Gasteiger partial charge in [-0.05, 0) is 42.2 Å². The fraction of sp³-hybridized carbons (Fsp3) is 0.294. The zero-order chi connectivity index (χ0) is 14.7. The minimum atomic E-state index is 0.433. The van der Waals surface area contributed by atoms with E-state index in [2.05, 4.69) is 54.9 Å². The zero-order valence-corrected chi connectivity index (χ0v) is 13.7. The van der Waals surface area contributed by atoms with Crippen LogP contribution in [-0.2, 0) is 6.61 Å². The van der Waals surface area contributed by atoms with Crippen molar-refractivity contribution in [1.29, 1.82) is 0 Å².